The molecular formula is C10H12OS5. The number of fused-ring (bicyclic) bond motifs is 1. The van der Waals surface area contributed by atoms with Crippen LogP contribution in [0, 0.1) is 0 Å². The fraction of sp³-hybridized carbons (Fsp3) is 0.400. The van der Waals surface area contributed by atoms with E-state index in [0.717, 1.165) is 5.75 Å². The summed E-state index contributed by atoms with van der Waals surface area (Å²) in [5.74, 6) is 1.55. The van der Waals surface area contributed by atoms with Crippen LogP contribution in [-0.2, 0) is 0 Å². The maximum absolute atomic E-state index is 5.44. The summed E-state index contributed by atoms with van der Waals surface area (Å²) in [5, 5.41) is 0. The standard InChI is InChI=1S/C10H12OS5/c1-6(2)7-4-5-8(11-3)10-9(7)12-14-16-15-13-10/h4-6H,1-3H3. The molecule has 6 heteroatoms. The Bertz CT molecular complexity index is 380. The van der Waals surface area contributed by atoms with Crippen LogP contribution in [0.3, 0.4) is 0 Å². The minimum Gasteiger partial charge on any atom is -0.496 e. The van der Waals surface area contributed by atoms with Gasteiger partial charge in [0.25, 0.3) is 0 Å². The van der Waals surface area contributed by atoms with Crippen molar-refractivity contribution >= 4 is 51.1 Å². The van der Waals surface area contributed by atoms with Crippen molar-refractivity contribution < 1.29 is 4.74 Å². The number of hydrogen-bond donors (Lipinski definition) is 0. The van der Waals surface area contributed by atoms with Gasteiger partial charge in [-0.2, -0.15) is 0 Å². The van der Waals surface area contributed by atoms with Crippen LogP contribution in [0.5, 0.6) is 5.75 Å². The van der Waals surface area contributed by atoms with E-state index in [4.69, 9.17) is 4.74 Å². The van der Waals surface area contributed by atoms with E-state index in [0.29, 0.717) is 5.92 Å². The second-order valence-corrected chi connectivity index (χ2v) is 11.0. The van der Waals surface area contributed by atoms with E-state index in [2.05, 4.69) is 26.0 Å². The van der Waals surface area contributed by atoms with E-state index in [1.54, 1.807) is 27.7 Å². The molecule has 0 atom stereocenters. The molecule has 0 unspecified atom stereocenters. The van der Waals surface area contributed by atoms with Gasteiger partial charge in [-0.05, 0) is 68.6 Å². The lowest BCUT2D eigenvalue weighted by Gasteiger charge is -2.15. The van der Waals surface area contributed by atoms with Crippen LogP contribution < -0.4 is 4.74 Å². The lowest BCUT2D eigenvalue weighted by atomic mass is 10.0. The zero-order valence-corrected chi connectivity index (χ0v) is 13.3. The van der Waals surface area contributed by atoms with Crippen molar-refractivity contribution in [1.29, 1.82) is 0 Å². The highest BCUT2D eigenvalue weighted by atomic mass is 33.8. The van der Waals surface area contributed by atoms with Crippen LogP contribution in [0.15, 0.2) is 21.9 Å². The summed E-state index contributed by atoms with van der Waals surface area (Å²) in [7, 11) is 10.8. The summed E-state index contributed by atoms with van der Waals surface area (Å²) >= 11 is 0. The second kappa shape index (κ2) is 6.09. The average Bonchev–Trinajstić information content (AvgIpc) is 2.52. The molecule has 0 saturated heterocycles. The molecule has 1 heterocycles. The molecule has 0 amide bonds. The summed E-state index contributed by atoms with van der Waals surface area (Å²) in [6.07, 6.45) is 0. The molecule has 0 N–H and O–H groups in total. The number of rotatable bonds is 2. The van der Waals surface area contributed by atoms with E-state index < -0.39 is 0 Å². The third kappa shape index (κ3) is 2.77. The molecule has 1 aliphatic heterocycles. The summed E-state index contributed by atoms with van der Waals surface area (Å²) in [4.78, 5) is 2.66. The Labute approximate surface area is 115 Å². The van der Waals surface area contributed by atoms with Crippen LogP contribution in [0.25, 0.3) is 0 Å². The first-order valence-electron chi connectivity index (χ1n) is 4.79. The molecule has 0 spiro atoms. The highest BCUT2D eigenvalue weighted by Crippen LogP contribution is 2.62. The van der Waals surface area contributed by atoms with Gasteiger partial charge in [-0.1, -0.05) is 19.9 Å². The van der Waals surface area contributed by atoms with Crippen molar-refractivity contribution in [2.24, 2.45) is 0 Å². The Balaban J connectivity index is 2.51. The number of methoxy groups -OCH3 is 1. The van der Waals surface area contributed by atoms with Gasteiger partial charge in [-0.15, -0.1) is 0 Å². The molecule has 1 aliphatic rings. The fourth-order valence-corrected chi connectivity index (χ4v) is 10.8. The minimum absolute atomic E-state index is 0.557. The first-order valence-corrected chi connectivity index (χ1v) is 10.9. The molecule has 0 aliphatic carbocycles. The molecule has 0 saturated carbocycles. The first-order chi connectivity index (χ1) is 7.74. The summed E-state index contributed by atoms with van der Waals surface area (Å²) < 4.78 is 5.44. The van der Waals surface area contributed by atoms with Crippen molar-refractivity contribution in [2.45, 2.75) is 29.6 Å². The average molecular weight is 309 g/mol. The first kappa shape index (κ1) is 13.2. The largest absolute Gasteiger partial charge is 0.496 e. The zero-order valence-electron chi connectivity index (χ0n) is 9.18. The summed E-state index contributed by atoms with van der Waals surface area (Å²) in [6, 6.07) is 4.28. The van der Waals surface area contributed by atoms with Gasteiger partial charge in [0.1, 0.15) is 5.75 Å². The molecule has 0 radical (unpaired) electrons. The summed E-state index contributed by atoms with van der Waals surface area (Å²) in [6.45, 7) is 4.48. The van der Waals surface area contributed by atoms with Gasteiger partial charge in [-0.25, -0.2) is 0 Å². The Morgan fingerprint density at radius 2 is 1.69 bits per heavy atom. The Kier molecular flexibility index (Phi) is 5.03. The lowest BCUT2D eigenvalue weighted by Crippen LogP contribution is -1.94. The van der Waals surface area contributed by atoms with Crippen molar-refractivity contribution in [3.63, 3.8) is 0 Å². The van der Waals surface area contributed by atoms with Gasteiger partial charge in [0.05, 0.1) is 12.0 Å². The third-order valence-electron chi connectivity index (χ3n) is 2.24. The molecule has 0 bridgehead atoms. The molecule has 2 rings (SSSR count). The highest BCUT2D eigenvalue weighted by molar-refractivity contribution is 9.36. The third-order valence-corrected chi connectivity index (χ3v) is 10.8. The molecule has 16 heavy (non-hydrogen) atoms. The van der Waals surface area contributed by atoms with Gasteiger partial charge in [-0.3, -0.25) is 0 Å². The Morgan fingerprint density at radius 1 is 1.00 bits per heavy atom. The van der Waals surface area contributed by atoms with Crippen molar-refractivity contribution in [2.75, 3.05) is 7.11 Å². The Hall–Kier alpha value is 0.770. The SMILES string of the molecule is COc1ccc(C(C)C)c2c1SSSSS2. The van der Waals surface area contributed by atoms with Crippen LogP contribution in [-0.4, -0.2) is 7.11 Å². The number of hydrogen-bond acceptors (Lipinski definition) is 6. The fourth-order valence-electron chi connectivity index (χ4n) is 1.45. The molecule has 0 fully saturated rings. The van der Waals surface area contributed by atoms with Gasteiger partial charge < -0.3 is 4.74 Å². The predicted molar refractivity (Wildman–Crippen MR) is 81.6 cm³/mol. The van der Waals surface area contributed by atoms with Crippen LogP contribution in [0.2, 0.25) is 0 Å². The van der Waals surface area contributed by atoms with Crippen LogP contribution in [0.1, 0.15) is 25.3 Å². The monoisotopic (exact) mass is 308 g/mol. The van der Waals surface area contributed by atoms with Crippen molar-refractivity contribution in [1.82, 2.24) is 0 Å². The predicted octanol–water partition coefficient (Wildman–Crippen LogP) is 5.88. The summed E-state index contributed by atoms with van der Waals surface area (Å²) in [5.41, 5.74) is 1.42. The quantitative estimate of drug-likeness (QED) is 0.627. The number of ether oxygens (including phenoxy) is 1. The zero-order chi connectivity index (χ0) is 11.5. The molecule has 88 valence electrons. The van der Waals surface area contributed by atoms with Crippen LogP contribution >= 0.6 is 51.1 Å². The van der Waals surface area contributed by atoms with Crippen molar-refractivity contribution in [3.05, 3.63) is 17.7 Å². The highest BCUT2D eigenvalue weighted by Gasteiger charge is 2.20. The molecular weight excluding hydrogens is 296 g/mol. The van der Waals surface area contributed by atoms with Gasteiger partial charge in [0.2, 0.25) is 0 Å². The van der Waals surface area contributed by atoms with Gasteiger partial charge in [0.15, 0.2) is 0 Å². The molecule has 0 aromatic heterocycles. The minimum atomic E-state index is 0.557. The maximum atomic E-state index is 5.44. The van der Waals surface area contributed by atoms with Gasteiger partial charge >= 0.3 is 0 Å². The van der Waals surface area contributed by atoms with Crippen molar-refractivity contribution in [3.8, 4) is 5.75 Å². The van der Waals surface area contributed by atoms with E-state index in [9.17, 15) is 0 Å². The van der Waals surface area contributed by atoms with E-state index in [-0.39, 0.29) is 0 Å². The smallest absolute Gasteiger partial charge is 0.134 e. The van der Waals surface area contributed by atoms with E-state index in [1.807, 2.05) is 30.4 Å². The number of benzene rings is 1. The molecule has 1 aromatic rings. The Morgan fingerprint density at radius 3 is 2.31 bits per heavy atom. The maximum Gasteiger partial charge on any atom is 0.134 e. The van der Waals surface area contributed by atoms with E-state index in [1.165, 1.54) is 15.4 Å². The second-order valence-electron chi connectivity index (χ2n) is 3.54. The van der Waals surface area contributed by atoms with E-state index >= 15 is 0 Å². The normalized spacial score (nSPS) is 15.8. The topological polar surface area (TPSA) is 9.23 Å². The molecule has 1 nitrogen and oxygen atoms in total. The van der Waals surface area contributed by atoms with Crippen LogP contribution in [0.4, 0.5) is 0 Å². The van der Waals surface area contributed by atoms with Gasteiger partial charge in [0, 0.05) is 4.90 Å². The lowest BCUT2D eigenvalue weighted by molar-refractivity contribution is 0.402. The molecule has 1 aromatic carbocycles.